The van der Waals surface area contributed by atoms with Crippen molar-refractivity contribution in [2.75, 3.05) is 18.1 Å². The zero-order chi connectivity index (χ0) is 21.0. The molecule has 0 unspecified atom stereocenters. The number of benzene rings is 1. The third-order valence-corrected chi connectivity index (χ3v) is 6.75. The van der Waals surface area contributed by atoms with Crippen molar-refractivity contribution in [1.82, 2.24) is 25.1 Å². The molecule has 156 valence electrons. The molecule has 11 heteroatoms. The molecule has 2 heterocycles. The van der Waals surface area contributed by atoms with Crippen molar-refractivity contribution in [2.24, 2.45) is 0 Å². The van der Waals surface area contributed by atoms with Crippen LogP contribution in [-0.2, 0) is 19.4 Å². The summed E-state index contributed by atoms with van der Waals surface area (Å²) in [5.74, 6) is -0.995. The molecule has 1 aromatic heterocycles. The summed E-state index contributed by atoms with van der Waals surface area (Å²) in [6.07, 6.45) is 2.51. The van der Waals surface area contributed by atoms with E-state index in [2.05, 4.69) is 15.5 Å². The number of rotatable bonds is 7. The van der Waals surface area contributed by atoms with Gasteiger partial charge in [-0.1, -0.05) is 6.92 Å². The average Bonchev–Trinajstić information content (AvgIpc) is 3.36. The summed E-state index contributed by atoms with van der Waals surface area (Å²) in [7, 11) is -3.13. The predicted molar refractivity (Wildman–Crippen MR) is 103 cm³/mol. The van der Waals surface area contributed by atoms with Crippen LogP contribution >= 0.6 is 0 Å². The van der Waals surface area contributed by atoms with Gasteiger partial charge in [-0.25, -0.2) is 17.9 Å². The van der Waals surface area contributed by atoms with Gasteiger partial charge < -0.3 is 9.64 Å². The molecular weight excluding hydrogens is 398 g/mol. The summed E-state index contributed by atoms with van der Waals surface area (Å²) in [6.45, 7) is 3.35. The van der Waals surface area contributed by atoms with Gasteiger partial charge in [-0.3, -0.25) is 4.79 Å². The van der Waals surface area contributed by atoms with Crippen molar-refractivity contribution in [3.8, 4) is 5.69 Å². The van der Waals surface area contributed by atoms with E-state index in [-0.39, 0.29) is 35.1 Å². The summed E-state index contributed by atoms with van der Waals surface area (Å²) >= 11 is 0. The van der Waals surface area contributed by atoms with Gasteiger partial charge in [0.15, 0.2) is 16.4 Å². The van der Waals surface area contributed by atoms with E-state index in [9.17, 15) is 18.0 Å². The minimum atomic E-state index is -3.13. The van der Waals surface area contributed by atoms with Crippen molar-refractivity contribution in [3.05, 3.63) is 36.2 Å². The quantitative estimate of drug-likeness (QED) is 0.596. The van der Waals surface area contributed by atoms with Crippen molar-refractivity contribution in [1.29, 1.82) is 0 Å². The fourth-order valence-electron chi connectivity index (χ4n) is 3.32. The summed E-state index contributed by atoms with van der Waals surface area (Å²) < 4.78 is 30.2. The lowest BCUT2D eigenvalue weighted by molar-refractivity contribution is -0.138. The van der Waals surface area contributed by atoms with E-state index in [0.29, 0.717) is 18.5 Å². The normalized spacial score (nSPS) is 18.9. The van der Waals surface area contributed by atoms with Gasteiger partial charge in [0.2, 0.25) is 0 Å². The number of esters is 1. The maximum atomic E-state index is 12.7. The van der Waals surface area contributed by atoms with Crippen LogP contribution in [0, 0.1) is 0 Å². The van der Waals surface area contributed by atoms with Crippen LogP contribution in [0.4, 0.5) is 0 Å². The van der Waals surface area contributed by atoms with Crippen LogP contribution in [0.1, 0.15) is 37.0 Å². The summed E-state index contributed by atoms with van der Waals surface area (Å²) in [5, 5.41) is 10.8. The van der Waals surface area contributed by atoms with Crippen molar-refractivity contribution in [3.63, 3.8) is 0 Å². The maximum absolute atomic E-state index is 12.7. The van der Waals surface area contributed by atoms with Gasteiger partial charge in [0, 0.05) is 12.1 Å². The van der Waals surface area contributed by atoms with Crippen LogP contribution in [0.25, 0.3) is 5.69 Å². The SMILES string of the molecule is CC[C@@H](C)N(C(=O)COC(=O)c1ccc(-n2cnnn2)cc1)[C@H]1CCS(=O)(=O)C1. The monoisotopic (exact) mass is 421 g/mol. The lowest BCUT2D eigenvalue weighted by Crippen LogP contribution is -2.48. The van der Waals surface area contributed by atoms with Gasteiger partial charge in [0.25, 0.3) is 5.91 Å². The van der Waals surface area contributed by atoms with Crippen LogP contribution in [0.5, 0.6) is 0 Å². The highest BCUT2D eigenvalue weighted by Gasteiger charge is 2.36. The van der Waals surface area contributed by atoms with E-state index in [4.69, 9.17) is 4.74 Å². The molecule has 2 aromatic rings. The van der Waals surface area contributed by atoms with Crippen LogP contribution in [0.3, 0.4) is 0 Å². The number of carbonyl (C=O) groups excluding carboxylic acids is 2. The largest absolute Gasteiger partial charge is 0.452 e. The number of hydrogen-bond donors (Lipinski definition) is 0. The van der Waals surface area contributed by atoms with E-state index in [1.807, 2.05) is 13.8 Å². The fraction of sp³-hybridized carbons (Fsp3) is 0.500. The standard InChI is InChI=1S/C18H23N5O5S/c1-3-13(2)23(16-8-9-29(26,27)11-16)17(24)10-28-18(25)14-4-6-15(7-5-14)22-12-19-20-21-22/h4-7,12-13,16H,3,8-11H2,1-2H3/t13-,16+/m1/s1. The summed E-state index contributed by atoms with van der Waals surface area (Å²) in [6, 6.07) is 5.90. The van der Waals surface area contributed by atoms with Gasteiger partial charge in [0.05, 0.1) is 22.8 Å². The van der Waals surface area contributed by atoms with Crippen molar-refractivity contribution in [2.45, 2.75) is 38.8 Å². The first-order chi connectivity index (χ1) is 13.8. The molecule has 2 atom stereocenters. The molecule has 3 rings (SSSR count). The fourth-order valence-corrected chi connectivity index (χ4v) is 5.03. The Hall–Kier alpha value is -2.82. The molecule has 1 amide bonds. The van der Waals surface area contributed by atoms with Gasteiger partial charge >= 0.3 is 5.97 Å². The highest BCUT2D eigenvalue weighted by molar-refractivity contribution is 7.91. The second-order valence-corrected chi connectivity index (χ2v) is 9.22. The number of aromatic nitrogens is 4. The molecule has 1 aliphatic rings. The lowest BCUT2D eigenvalue weighted by Gasteiger charge is -2.33. The number of nitrogens with zero attached hydrogens (tertiary/aromatic N) is 5. The minimum absolute atomic E-state index is 0.0460. The molecule has 1 aliphatic heterocycles. The molecule has 29 heavy (non-hydrogen) atoms. The van der Waals surface area contributed by atoms with Crippen LogP contribution < -0.4 is 0 Å². The summed E-state index contributed by atoms with van der Waals surface area (Å²) in [4.78, 5) is 26.6. The second kappa shape index (κ2) is 8.68. The number of sulfone groups is 1. The highest BCUT2D eigenvalue weighted by atomic mass is 32.2. The highest BCUT2D eigenvalue weighted by Crippen LogP contribution is 2.21. The summed E-state index contributed by atoms with van der Waals surface area (Å²) in [5.41, 5.74) is 0.959. The molecule has 10 nitrogen and oxygen atoms in total. The van der Waals surface area contributed by atoms with E-state index in [1.165, 1.54) is 11.0 Å². The zero-order valence-electron chi connectivity index (χ0n) is 16.3. The number of carbonyl (C=O) groups is 2. The Bertz CT molecular complexity index is 959. The molecule has 1 saturated heterocycles. The third kappa shape index (κ3) is 4.97. The van der Waals surface area contributed by atoms with E-state index in [1.54, 1.807) is 29.2 Å². The molecule has 1 fully saturated rings. The molecule has 0 bridgehead atoms. The first-order valence-corrected chi connectivity index (χ1v) is 11.1. The van der Waals surface area contributed by atoms with E-state index in [0.717, 1.165) is 0 Å². The molecule has 0 saturated carbocycles. The predicted octanol–water partition coefficient (Wildman–Crippen LogP) is 0.633. The van der Waals surface area contributed by atoms with Gasteiger partial charge in [-0.15, -0.1) is 5.10 Å². The topological polar surface area (TPSA) is 124 Å². The Morgan fingerprint density at radius 1 is 1.31 bits per heavy atom. The van der Waals surface area contributed by atoms with Gasteiger partial charge in [-0.2, -0.15) is 0 Å². The smallest absolute Gasteiger partial charge is 0.338 e. The lowest BCUT2D eigenvalue weighted by atomic mass is 10.1. The van der Waals surface area contributed by atoms with Crippen molar-refractivity contribution < 1.29 is 22.7 Å². The first-order valence-electron chi connectivity index (χ1n) is 9.33. The van der Waals surface area contributed by atoms with Crippen LogP contribution in [0.2, 0.25) is 0 Å². The van der Waals surface area contributed by atoms with Crippen molar-refractivity contribution >= 4 is 21.7 Å². The first kappa shape index (κ1) is 20.9. The minimum Gasteiger partial charge on any atom is -0.452 e. The van der Waals surface area contributed by atoms with Crippen LogP contribution in [0.15, 0.2) is 30.6 Å². The molecular formula is C18H23N5O5S. The Balaban J connectivity index is 1.62. The molecule has 1 aromatic carbocycles. The van der Waals surface area contributed by atoms with Gasteiger partial charge in [-0.05, 0) is 54.5 Å². The third-order valence-electron chi connectivity index (χ3n) is 5.00. The molecule has 0 radical (unpaired) electrons. The number of hydrogen-bond acceptors (Lipinski definition) is 8. The molecule has 0 aliphatic carbocycles. The second-order valence-electron chi connectivity index (χ2n) is 6.99. The van der Waals surface area contributed by atoms with Gasteiger partial charge in [0.1, 0.15) is 6.33 Å². The maximum Gasteiger partial charge on any atom is 0.338 e. The Morgan fingerprint density at radius 3 is 2.59 bits per heavy atom. The molecule has 0 spiro atoms. The Morgan fingerprint density at radius 2 is 2.03 bits per heavy atom. The van der Waals surface area contributed by atoms with Crippen LogP contribution in [-0.4, -0.2) is 75.6 Å². The average molecular weight is 421 g/mol. The zero-order valence-corrected chi connectivity index (χ0v) is 17.1. The molecule has 0 N–H and O–H groups in total. The number of amides is 1. The Kier molecular flexibility index (Phi) is 6.26. The Labute approximate surface area is 168 Å². The van der Waals surface area contributed by atoms with E-state index < -0.39 is 22.4 Å². The number of ether oxygens (including phenoxy) is 1. The number of tetrazole rings is 1. The van der Waals surface area contributed by atoms with E-state index >= 15 is 0 Å².